The molecule has 1 aromatic rings. The second-order valence-electron chi connectivity index (χ2n) is 5.87. The quantitative estimate of drug-likeness (QED) is 0.822. The second-order valence-corrected chi connectivity index (χ2v) is 5.87. The van der Waals surface area contributed by atoms with Gasteiger partial charge >= 0.3 is 0 Å². The van der Waals surface area contributed by atoms with Gasteiger partial charge in [0.15, 0.2) is 0 Å². The molecule has 5 heteroatoms. The smallest absolute Gasteiger partial charge is 0.128 e. The molecule has 20 heavy (non-hydrogen) atoms. The van der Waals surface area contributed by atoms with Gasteiger partial charge in [-0.25, -0.2) is 9.97 Å². The standard InChI is InChI=1S/C15H27N5/c1-5-15-16-8-6-13(17-15)10-20(4)9-7-14-11(2)18-19-12(14)3/h6,8,11-12,14,18-19H,5,7,9-10H2,1-4H3. The maximum Gasteiger partial charge on any atom is 0.128 e. The third-order valence-electron chi connectivity index (χ3n) is 4.18. The predicted octanol–water partition coefficient (Wildman–Crippen LogP) is 1.36. The summed E-state index contributed by atoms with van der Waals surface area (Å²) in [6, 6.07) is 3.10. The number of rotatable bonds is 6. The molecule has 2 atom stereocenters. The molecule has 0 bridgehead atoms. The fourth-order valence-corrected chi connectivity index (χ4v) is 2.83. The zero-order valence-corrected chi connectivity index (χ0v) is 13.1. The van der Waals surface area contributed by atoms with Crippen LogP contribution in [0.15, 0.2) is 12.3 Å². The van der Waals surface area contributed by atoms with Crippen molar-refractivity contribution in [3.05, 3.63) is 23.8 Å². The highest BCUT2D eigenvalue weighted by Crippen LogP contribution is 2.18. The Morgan fingerprint density at radius 1 is 1.25 bits per heavy atom. The molecule has 5 nitrogen and oxygen atoms in total. The summed E-state index contributed by atoms with van der Waals surface area (Å²) in [5, 5.41) is 0. The normalized spacial score (nSPS) is 26.4. The highest BCUT2D eigenvalue weighted by Gasteiger charge is 2.29. The summed E-state index contributed by atoms with van der Waals surface area (Å²) in [6.45, 7) is 8.57. The first-order chi connectivity index (χ1) is 9.60. The van der Waals surface area contributed by atoms with Crippen LogP contribution in [0.2, 0.25) is 0 Å². The van der Waals surface area contributed by atoms with Crippen molar-refractivity contribution < 1.29 is 0 Å². The highest BCUT2D eigenvalue weighted by atomic mass is 15.4. The lowest BCUT2D eigenvalue weighted by Crippen LogP contribution is -2.30. The Balaban J connectivity index is 1.81. The molecule has 1 aliphatic heterocycles. The lowest BCUT2D eigenvalue weighted by atomic mass is 9.93. The van der Waals surface area contributed by atoms with Gasteiger partial charge in [-0.05, 0) is 45.8 Å². The van der Waals surface area contributed by atoms with E-state index in [0.717, 1.165) is 31.0 Å². The van der Waals surface area contributed by atoms with E-state index in [4.69, 9.17) is 0 Å². The van der Waals surface area contributed by atoms with Crippen LogP contribution < -0.4 is 10.9 Å². The Hall–Kier alpha value is -1.04. The van der Waals surface area contributed by atoms with Gasteiger partial charge in [-0.15, -0.1) is 0 Å². The van der Waals surface area contributed by atoms with E-state index in [1.165, 1.54) is 6.42 Å². The van der Waals surface area contributed by atoms with Gasteiger partial charge in [-0.1, -0.05) is 6.92 Å². The number of hydrazine groups is 1. The number of nitrogens with one attached hydrogen (secondary N) is 2. The molecule has 1 aliphatic rings. The molecule has 0 radical (unpaired) electrons. The van der Waals surface area contributed by atoms with Crippen molar-refractivity contribution in [1.82, 2.24) is 25.7 Å². The van der Waals surface area contributed by atoms with E-state index in [2.05, 4.69) is 53.5 Å². The summed E-state index contributed by atoms with van der Waals surface area (Å²) in [7, 11) is 2.17. The van der Waals surface area contributed by atoms with Crippen LogP contribution in [-0.2, 0) is 13.0 Å². The first-order valence-electron chi connectivity index (χ1n) is 7.60. The van der Waals surface area contributed by atoms with Gasteiger partial charge < -0.3 is 4.90 Å². The van der Waals surface area contributed by atoms with E-state index in [-0.39, 0.29) is 0 Å². The van der Waals surface area contributed by atoms with E-state index in [1.54, 1.807) is 0 Å². The van der Waals surface area contributed by atoms with E-state index in [9.17, 15) is 0 Å². The Kier molecular flexibility index (Phi) is 5.46. The minimum atomic E-state index is 0.546. The topological polar surface area (TPSA) is 53.1 Å². The maximum absolute atomic E-state index is 4.56. The molecule has 2 N–H and O–H groups in total. The Bertz CT molecular complexity index is 412. The van der Waals surface area contributed by atoms with Crippen molar-refractivity contribution in [3.8, 4) is 0 Å². The number of aryl methyl sites for hydroxylation is 1. The predicted molar refractivity (Wildman–Crippen MR) is 81.0 cm³/mol. The van der Waals surface area contributed by atoms with Crippen LogP contribution in [0.25, 0.3) is 0 Å². The van der Waals surface area contributed by atoms with Gasteiger partial charge in [-0.3, -0.25) is 10.9 Å². The third kappa shape index (κ3) is 3.98. The fourth-order valence-electron chi connectivity index (χ4n) is 2.83. The van der Waals surface area contributed by atoms with Crippen LogP contribution in [0.5, 0.6) is 0 Å². The zero-order chi connectivity index (χ0) is 14.5. The molecular weight excluding hydrogens is 250 g/mol. The SMILES string of the molecule is CCc1nccc(CN(C)CCC2C(C)NNC2C)n1. The summed E-state index contributed by atoms with van der Waals surface area (Å²) in [5.41, 5.74) is 7.75. The molecule has 2 unspecified atom stereocenters. The van der Waals surface area contributed by atoms with Crippen LogP contribution in [0.1, 0.15) is 38.7 Å². The van der Waals surface area contributed by atoms with Crippen molar-refractivity contribution >= 4 is 0 Å². The Morgan fingerprint density at radius 3 is 2.60 bits per heavy atom. The highest BCUT2D eigenvalue weighted by molar-refractivity contribution is 5.02. The van der Waals surface area contributed by atoms with Gasteiger partial charge in [0.1, 0.15) is 5.82 Å². The van der Waals surface area contributed by atoms with Crippen LogP contribution >= 0.6 is 0 Å². The second kappa shape index (κ2) is 7.11. The van der Waals surface area contributed by atoms with Crippen molar-refractivity contribution in [2.45, 2.75) is 52.2 Å². The molecular formula is C15H27N5. The lowest BCUT2D eigenvalue weighted by molar-refractivity contribution is 0.276. The molecule has 112 valence electrons. The summed E-state index contributed by atoms with van der Waals surface area (Å²) in [6.07, 6.45) is 3.96. The van der Waals surface area contributed by atoms with Crippen LogP contribution in [0.3, 0.4) is 0 Å². The minimum Gasteiger partial charge on any atom is -0.301 e. The number of nitrogens with zero attached hydrogens (tertiary/aromatic N) is 3. The Morgan fingerprint density at radius 2 is 1.95 bits per heavy atom. The first kappa shape index (κ1) is 15.4. The number of hydrogen-bond donors (Lipinski definition) is 2. The van der Waals surface area contributed by atoms with Gasteiger partial charge in [0.2, 0.25) is 0 Å². The van der Waals surface area contributed by atoms with Gasteiger partial charge in [0.25, 0.3) is 0 Å². The summed E-state index contributed by atoms with van der Waals surface area (Å²) in [4.78, 5) is 11.2. The molecule has 0 aliphatic carbocycles. The number of hydrogen-bond acceptors (Lipinski definition) is 5. The molecule has 1 fully saturated rings. The van der Waals surface area contributed by atoms with E-state index < -0.39 is 0 Å². The molecule has 0 amide bonds. The van der Waals surface area contributed by atoms with Crippen LogP contribution in [0.4, 0.5) is 0 Å². The monoisotopic (exact) mass is 277 g/mol. The van der Waals surface area contributed by atoms with Crippen molar-refractivity contribution in [1.29, 1.82) is 0 Å². The van der Waals surface area contributed by atoms with E-state index in [0.29, 0.717) is 18.0 Å². The molecule has 2 rings (SSSR count). The Labute approximate surface area is 122 Å². The third-order valence-corrected chi connectivity index (χ3v) is 4.18. The average molecular weight is 277 g/mol. The van der Waals surface area contributed by atoms with Crippen molar-refractivity contribution in [2.75, 3.05) is 13.6 Å². The van der Waals surface area contributed by atoms with Crippen LogP contribution in [0, 0.1) is 5.92 Å². The first-order valence-corrected chi connectivity index (χ1v) is 7.60. The largest absolute Gasteiger partial charge is 0.301 e. The summed E-state index contributed by atoms with van der Waals surface area (Å²) in [5.74, 6) is 1.62. The van der Waals surface area contributed by atoms with Gasteiger partial charge in [0.05, 0.1) is 5.69 Å². The molecule has 0 spiro atoms. The van der Waals surface area contributed by atoms with E-state index in [1.807, 2.05) is 12.3 Å². The van der Waals surface area contributed by atoms with Crippen molar-refractivity contribution in [3.63, 3.8) is 0 Å². The molecule has 0 saturated carbocycles. The van der Waals surface area contributed by atoms with Crippen molar-refractivity contribution in [2.24, 2.45) is 5.92 Å². The minimum absolute atomic E-state index is 0.546. The maximum atomic E-state index is 4.56. The molecule has 1 saturated heterocycles. The van der Waals surface area contributed by atoms with Gasteiger partial charge in [-0.2, -0.15) is 0 Å². The van der Waals surface area contributed by atoms with Gasteiger partial charge in [0, 0.05) is 31.2 Å². The lowest BCUT2D eigenvalue weighted by Gasteiger charge is -2.22. The molecule has 2 heterocycles. The molecule has 0 aromatic carbocycles. The fraction of sp³-hybridized carbons (Fsp3) is 0.733. The van der Waals surface area contributed by atoms with E-state index >= 15 is 0 Å². The summed E-state index contributed by atoms with van der Waals surface area (Å²) >= 11 is 0. The zero-order valence-electron chi connectivity index (χ0n) is 13.1. The average Bonchev–Trinajstić information content (AvgIpc) is 2.76. The summed E-state index contributed by atoms with van der Waals surface area (Å²) < 4.78 is 0. The number of aromatic nitrogens is 2. The van der Waals surface area contributed by atoms with Crippen LogP contribution in [-0.4, -0.2) is 40.5 Å². The molecule has 1 aromatic heterocycles.